The average Bonchev–Trinajstić information content (AvgIpc) is 2.76. The van der Waals surface area contributed by atoms with Crippen molar-refractivity contribution < 1.29 is 18.4 Å². The number of hydrogen-bond donors (Lipinski definition) is 3. The van der Waals surface area contributed by atoms with E-state index < -0.39 is 11.7 Å². The standard InChI is InChI=1S/C23H20F2N4O2S/c1-15(30)27-17-8-6-16(7-9-17)14-26-29-22(31)20-4-2-3-5-21(20)28-18-10-12-19(13-11-18)32-23(24)25/h2-14,23,28H,1H3,(H,27,30)(H,29,31)/b26-14+. The van der Waals surface area contributed by atoms with Gasteiger partial charge in [-0.1, -0.05) is 36.0 Å². The molecule has 0 saturated heterocycles. The Morgan fingerprint density at radius 3 is 2.25 bits per heavy atom. The van der Waals surface area contributed by atoms with Crippen molar-refractivity contribution in [1.29, 1.82) is 0 Å². The van der Waals surface area contributed by atoms with Crippen LogP contribution in [0.15, 0.2) is 82.8 Å². The molecule has 2 amide bonds. The van der Waals surface area contributed by atoms with Gasteiger partial charge in [0.05, 0.1) is 17.5 Å². The van der Waals surface area contributed by atoms with E-state index in [1.165, 1.54) is 13.1 Å². The van der Waals surface area contributed by atoms with Gasteiger partial charge in [0.25, 0.3) is 11.7 Å². The largest absolute Gasteiger partial charge is 0.355 e. The molecule has 0 fully saturated rings. The van der Waals surface area contributed by atoms with Gasteiger partial charge in [0, 0.05) is 23.2 Å². The van der Waals surface area contributed by atoms with Gasteiger partial charge in [-0.3, -0.25) is 9.59 Å². The molecule has 0 bridgehead atoms. The van der Waals surface area contributed by atoms with Crippen molar-refractivity contribution >= 4 is 46.9 Å². The van der Waals surface area contributed by atoms with Crippen LogP contribution in [0.1, 0.15) is 22.8 Å². The van der Waals surface area contributed by atoms with Gasteiger partial charge in [0.2, 0.25) is 5.91 Å². The van der Waals surface area contributed by atoms with Crippen LogP contribution in [-0.2, 0) is 4.79 Å². The third-order valence-electron chi connectivity index (χ3n) is 4.14. The number of nitrogens with zero attached hydrogens (tertiary/aromatic N) is 1. The van der Waals surface area contributed by atoms with Crippen LogP contribution in [0.3, 0.4) is 0 Å². The number of halogens is 2. The van der Waals surface area contributed by atoms with Gasteiger partial charge in [-0.05, 0) is 54.1 Å². The third kappa shape index (κ3) is 6.92. The summed E-state index contributed by atoms with van der Waals surface area (Å²) >= 11 is 0.472. The van der Waals surface area contributed by atoms with E-state index in [9.17, 15) is 18.4 Å². The number of anilines is 3. The minimum atomic E-state index is -2.48. The fourth-order valence-corrected chi connectivity index (χ4v) is 3.25. The van der Waals surface area contributed by atoms with Crippen LogP contribution < -0.4 is 16.1 Å². The molecule has 6 nitrogen and oxygen atoms in total. The molecule has 3 aromatic rings. The molecule has 3 N–H and O–H groups in total. The molecular weight excluding hydrogens is 434 g/mol. The number of amides is 2. The maximum Gasteiger partial charge on any atom is 0.288 e. The highest BCUT2D eigenvalue weighted by atomic mass is 32.2. The van der Waals surface area contributed by atoms with Crippen LogP contribution in [0.4, 0.5) is 25.8 Å². The Bertz CT molecular complexity index is 1100. The van der Waals surface area contributed by atoms with E-state index in [0.29, 0.717) is 39.3 Å². The van der Waals surface area contributed by atoms with Crippen molar-refractivity contribution in [1.82, 2.24) is 5.43 Å². The molecule has 0 unspecified atom stereocenters. The minimum Gasteiger partial charge on any atom is -0.355 e. The topological polar surface area (TPSA) is 82.6 Å². The van der Waals surface area contributed by atoms with E-state index in [1.54, 1.807) is 72.8 Å². The van der Waals surface area contributed by atoms with Crippen LogP contribution in [-0.4, -0.2) is 23.8 Å². The summed E-state index contributed by atoms with van der Waals surface area (Å²) in [5.41, 5.74) is 5.48. The van der Waals surface area contributed by atoms with Gasteiger partial charge in [-0.2, -0.15) is 13.9 Å². The van der Waals surface area contributed by atoms with Gasteiger partial charge in [-0.25, -0.2) is 5.43 Å². The molecule has 0 aliphatic heterocycles. The van der Waals surface area contributed by atoms with Crippen molar-refractivity contribution in [2.24, 2.45) is 5.10 Å². The number of hydrogen-bond acceptors (Lipinski definition) is 5. The Labute approximate surface area is 188 Å². The summed E-state index contributed by atoms with van der Waals surface area (Å²) in [6.07, 6.45) is 1.49. The normalized spacial score (nSPS) is 10.9. The maximum absolute atomic E-state index is 12.6. The molecular formula is C23H20F2N4O2S. The molecule has 164 valence electrons. The van der Waals surface area contributed by atoms with Crippen LogP contribution >= 0.6 is 11.8 Å². The van der Waals surface area contributed by atoms with Gasteiger partial charge in [0.1, 0.15) is 0 Å². The first kappa shape index (κ1) is 23.0. The Kier molecular flexibility index (Phi) is 7.93. The number of hydrazone groups is 1. The summed E-state index contributed by atoms with van der Waals surface area (Å²) in [6, 6.07) is 20.4. The summed E-state index contributed by atoms with van der Waals surface area (Å²) in [6.45, 7) is 1.43. The van der Waals surface area contributed by atoms with Crippen molar-refractivity contribution in [3.8, 4) is 0 Å². The third-order valence-corrected chi connectivity index (χ3v) is 4.86. The maximum atomic E-state index is 12.6. The Morgan fingerprint density at radius 1 is 0.938 bits per heavy atom. The number of benzene rings is 3. The highest BCUT2D eigenvalue weighted by molar-refractivity contribution is 7.99. The second-order valence-electron chi connectivity index (χ2n) is 6.58. The lowest BCUT2D eigenvalue weighted by molar-refractivity contribution is -0.114. The molecule has 32 heavy (non-hydrogen) atoms. The predicted molar refractivity (Wildman–Crippen MR) is 124 cm³/mol. The molecule has 3 aromatic carbocycles. The highest BCUT2D eigenvalue weighted by Gasteiger charge is 2.11. The zero-order valence-electron chi connectivity index (χ0n) is 17.0. The Hall–Kier alpha value is -3.72. The lowest BCUT2D eigenvalue weighted by Crippen LogP contribution is -2.19. The number of rotatable bonds is 8. The smallest absolute Gasteiger partial charge is 0.288 e. The van der Waals surface area contributed by atoms with Crippen molar-refractivity contribution in [3.05, 3.63) is 83.9 Å². The summed E-state index contributed by atoms with van der Waals surface area (Å²) in [7, 11) is 0. The quantitative estimate of drug-likeness (QED) is 0.240. The summed E-state index contributed by atoms with van der Waals surface area (Å²) in [5, 5.41) is 9.77. The van der Waals surface area contributed by atoms with E-state index in [0.717, 1.165) is 5.56 Å². The first-order valence-corrected chi connectivity index (χ1v) is 10.4. The fraction of sp³-hybridized carbons (Fsp3) is 0.0870. The van der Waals surface area contributed by atoms with Crippen LogP contribution in [0, 0.1) is 0 Å². The van der Waals surface area contributed by atoms with Crippen molar-refractivity contribution in [3.63, 3.8) is 0 Å². The van der Waals surface area contributed by atoms with E-state index in [4.69, 9.17) is 0 Å². The highest BCUT2D eigenvalue weighted by Crippen LogP contribution is 2.27. The van der Waals surface area contributed by atoms with Crippen LogP contribution in [0.5, 0.6) is 0 Å². The number of carbonyl (C=O) groups is 2. The van der Waals surface area contributed by atoms with Crippen molar-refractivity contribution in [2.45, 2.75) is 17.6 Å². The average molecular weight is 455 g/mol. The van der Waals surface area contributed by atoms with E-state index in [1.807, 2.05) is 0 Å². The summed E-state index contributed by atoms with van der Waals surface area (Å²) in [5.74, 6) is -3.05. The number of thioether (sulfide) groups is 1. The van der Waals surface area contributed by atoms with Gasteiger partial charge in [0.15, 0.2) is 0 Å². The van der Waals surface area contributed by atoms with E-state index in [-0.39, 0.29) is 5.91 Å². The predicted octanol–water partition coefficient (Wildman–Crippen LogP) is 5.47. The Balaban J connectivity index is 1.63. The lowest BCUT2D eigenvalue weighted by atomic mass is 10.1. The van der Waals surface area contributed by atoms with Gasteiger partial charge >= 0.3 is 0 Å². The summed E-state index contributed by atoms with van der Waals surface area (Å²) < 4.78 is 24.9. The van der Waals surface area contributed by atoms with Gasteiger partial charge < -0.3 is 10.6 Å². The van der Waals surface area contributed by atoms with E-state index >= 15 is 0 Å². The van der Waals surface area contributed by atoms with Gasteiger partial charge in [-0.15, -0.1) is 0 Å². The van der Waals surface area contributed by atoms with Crippen LogP contribution in [0.2, 0.25) is 0 Å². The molecule has 0 saturated carbocycles. The first-order valence-electron chi connectivity index (χ1n) is 9.53. The molecule has 9 heteroatoms. The number of carbonyl (C=O) groups excluding carboxylic acids is 2. The second kappa shape index (κ2) is 11.1. The molecule has 0 spiro atoms. The van der Waals surface area contributed by atoms with Crippen molar-refractivity contribution in [2.75, 3.05) is 10.6 Å². The molecule has 0 aliphatic rings. The number of para-hydroxylation sites is 1. The molecule has 0 atom stereocenters. The first-order chi connectivity index (χ1) is 15.4. The SMILES string of the molecule is CC(=O)Nc1ccc(/C=N/NC(=O)c2ccccc2Nc2ccc(SC(F)F)cc2)cc1. The molecule has 0 radical (unpaired) electrons. The monoisotopic (exact) mass is 454 g/mol. The molecule has 3 rings (SSSR count). The fourth-order valence-electron chi connectivity index (χ4n) is 2.75. The second-order valence-corrected chi connectivity index (χ2v) is 7.64. The number of nitrogens with one attached hydrogen (secondary N) is 3. The minimum absolute atomic E-state index is 0.158. The Morgan fingerprint density at radius 2 is 1.59 bits per heavy atom. The molecule has 0 heterocycles. The number of alkyl halides is 2. The lowest BCUT2D eigenvalue weighted by Gasteiger charge is -2.11. The summed E-state index contributed by atoms with van der Waals surface area (Å²) in [4.78, 5) is 24.1. The molecule has 0 aliphatic carbocycles. The van der Waals surface area contributed by atoms with E-state index in [2.05, 4.69) is 21.2 Å². The van der Waals surface area contributed by atoms with Crippen LogP contribution in [0.25, 0.3) is 0 Å². The zero-order chi connectivity index (χ0) is 22.9. The molecule has 0 aromatic heterocycles. The zero-order valence-corrected chi connectivity index (χ0v) is 17.8.